The summed E-state index contributed by atoms with van der Waals surface area (Å²) < 4.78 is 9.73. The van der Waals surface area contributed by atoms with E-state index in [1.165, 1.54) is 12.0 Å². The molecule has 2 heterocycles. The van der Waals surface area contributed by atoms with Crippen LogP contribution in [0, 0.1) is 11.8 Å². The predicted octanol–water partition coefficient (Wildman–Crippen LogP) is 0.442. The van der Waals surface area contributed by atoms with E-state index in [0.717, 1.165) is 24.2 Å². The number of piperidine rings is 1. The van der Waals surface area contributed by atoms with Crippen molar-refractivity contribution in [2.45, 2.75) is 51.0 Å². The third-order valence-corrected chi connectivity index (χ3v) is 6.53. The first-order valence-corrected chi connectivity index (χ1v) is 10.4. The zero-order chi connectivity index (χ0) is 21.9. The van der Waals surface area contributed by atoms with Crippen molar-refractivity contribution in [3.05, 3.63) is 0 Å². The zero-order valence-corrected chi connectivity index (χ0v) is 17.5. The van der Waals surface area contributed by atoms with Crippen molar-refractivity contribution < 1.29 is 33.4 Å². The smallest absolute Gasteiger partial charge is 0.326 e. The Kier molecular flexibility index (Phi) is 6.62. The molecule has 1 saturated carbocycles. The SMILES string of the molecule is COC(=O)C1CCN(C(=O)COC(=O)CN2C(=O)N[C@]3(CCCC[C@@H]3C)C2=O)CC1. The predicted molar refractivity (Wildman–Crippen MR) is 103 cm³/mol. The molecule has 1 aliphatic carbocycles. The van der Waals surface area contributed by atoms with Crippen LogP contribution in [0.4, 0.5) is 4.79 Å². The number of amides is 4. The van der Waals surface area contributed by atoms with Gasteiger partial charge in [0.2, 0.25) is 0 Å². The van der Waals surface area contributed by atoms with Crippen LogP contribution in [-0.4, -0.2) is 78.5 Å². The van der Waals surface area contributed by atoms with Gasteiger partial charge in [-0.15, -0.1) is 0 Å². The van der Waals surface area contributed by atoms with Crippen molar-refractivity contribution in [3.8, 4) is 0 Å². The molecule has 0 bridgehead atoms. The molecule has 0 aromatic carbocycles. The maximum Gasteiger partial charge on any atom is 0.326 e. The van der Waals surface area contributed by atoms with Gasteiger partial charge in [0, 0.05) is 13.1 Å². The van der Waals surface area contributed by atoms with Crippen LogP contribution in [0.5, 0.6) is 0 Å². The lowest BCUT2D eigenvalue weighted by Crippen LogP contribution is -2.54. The monoisotopic (exact) mass is 423 g/mol. The third kappa shape index (κ3) is 4.27. The average Bonchev–Trinajstić information content (AvgIpc) is 2.98. The Hall–Kier alpha value is -2.65. The normalized spacial score (nSPS) is 27.2. The summed E-state index contributed by atoms with van der Waals surface area (Å²) in [6, 6.07) is -0.595. The zero-order valence-electron chi connectivity index (χ0n) is 17.5. The molecule has 3 fully saturated rings. The molecule has 30 heavy (non-hydrogen) atoms. The molecule has 2 atom stereocenters. The van der Waals surface area contributed by atoms with Gasteiger partial charge in [0.25, 0.3) is 11.8 Å². The van der Waals surface area contributed by atoms with Crippen LogP contribution in [0.25, 0.3) is 0 Å². The Bertz CT molecular complexity index is 732. The van der Waals surface area contributed by atoms with Crippen molar-refractivity contribution in [1.29, 1.82) is 0 Å². The molecular formula is C20H29N3O7. The van der Waals surface area contributed by atoms with Crippen LogP contribution >= 0.6 is 0 Å². The Morgan fingerprint density at radius 1 is 1.13 bits per heavy atom. The van der Waals surface area contributed by atoms with Gasteiger partial charge in [-0.25, -0.2) is 4.79 Å². The van der Waals surface area contributed by atoms with Crippen LogP contribution in [0.1, 0.15) is 45.4 Å². The minimum absolute atomic E-state index is 0.00165. The van der Waals surface area contributed by atoms with Gasteiger partial charge in [0.15, 0.2) is 6.61 Å². The molecule has 0 unspecified atom stereocenters. The van der Waals surface area contributed by atoms with E-state index in [2.05, 4.69) is 5.32 Å². The summed E-state index contributed by atoms with van der Waals surface area (Å²) in [5.41, 5.74) is -0.935. The Labute approximate surface area is 175 Å². The number of hydrogen-bond acceptors (Lipinski definition) is 7. The highest BCUT2D eigenvalue weighted by Gasteiger charge is 2.55. The van der Waals surface area contributed by atoms with Gasteiger partial charge < -0.3 is 19.7 Å². The summed E-state index contributed by atoms with van der Waals surface area (Å²) in [7, 11) is 1.33. The number of rotatable bonds is 5. The summed E-state index contributed by atoms with van der Waals surface area (Å²) in [6.45, 7) is 1.71. The van der Waals surface area contributed by atoms with E-state index in [-0.39, 0.29) is 23.7 Å². The molecule has 3 aliphatic rings. The molecule has 0 aromatic rings. The number of esters is 2. The molecule has 10 heteroatoms. The van der Waals surface area contributed by atoms with Crippen LogP contribution in [0.15, 0.2) is 0 Å². The fourth-order valence-corrected chi connectivity index (χ4v) is 4.58. The van der Waals surface area contributed by atoms with Crippen molar-refractivity contribution in [1.82, 2.24) is 15.1 Å². The lowest BCUT2D eigenvalue weighted by atomic mass is 9.73. The number of likely N-dealkylation sites (tertiary alicyclic amines) is 1. The van der Waals surface area contributed by atoms with Gasteiger partial charge in [0.05, 0.1) is 13.0 Å². The summed E-state index contributed by atoms with van der Waals surface area (Å²) in [4.78, 5) is 63.6. The van der Waals surface area contributed by atoms with Crippen molar-refractivity contribution in [2.24, 2.45) is 11.8 Å². The van der Waals surface area contributed by atoms with Crippen LogP contribution in [0.3, 0.4) is 0 Å². The second-order valence-electron chi connectivity index (χ2n) is 8.28. The van der Waals surface area contributed by atoms with Crippen LogP contribution < -0.4 is 5.32 Å². The largest absolute Gasteiger partial charge is 0.469 e. The molecule has 166 valence electrons. The summed E-state index contributed by atoms with van der Waals surface area (Å²) in [5.74, 6) is -2.09. The average molecular weight is 423 g/mol. The fraction of sp³-hybridized carbons (Fsp3) is 0.750. The first kappa shape index (κ1) is 22.0. The summed E-state index contributed by atoms with van der Waals surface area (Å²) in [6.07, 6.45) is 4.24. The van der Waals surface area contributed by atoms with Gasteiger partial charge in [-0.1, -0.05) is 19.8 Å². The lowest BCUT2D eigenvalue weighted by Gasteiger charge is -2.36. The second kappa shape index (κ2) is 9.01. The highest BCUT2D eigenvalue weighted by molar-refractivity contribution is 6.09. The number of methoxy groups -OCH3 is 1. The Balaban J connectivity index is 1.47. The number of imide groups is 1. The summed E-state index contributed by atoms with van der Waals surface area (Å²) >= 11 is 0. The number of urea groups is 1. The van der Waals surface area contributed by atoms with Gasteiger partial charge >= 0.3 is 18.0 Å². The molecule has 10 nitrogen and oxygen atoms in total. The first-order chi connectivity index (χ1) is 14.3. The number of nitrogens with one attached hydrogen (secondary N) is 1. The molecular weight excluding hydrogens is 394 g/mol. The van der Waals surface area contributed by atoms with Crippen LogP contribution in [0.2, 0.25) is 0 Å². The highest BCUT2D eigenvalue weighted by Crippen LogP contribution is 2.38. The maximum absolute atomic E-state index is 12.9. The minimum atomic E-state index is -0.935. The first-order valence-electron chi connectivity index (χ1n) is 10.4. The van der Waals surface area contributed by atoms with Crippen molar-refractivity contribution >= 4 is 29.8 Å². The van der Waals surface area contributed by atoms with Crippen molar-refractivity contribution in [3.63, 3.8) is 0 Å². The second-order valence-corrected chi connectivity index (χ2v) is 8.28. The molecule has 0 radical (unpaired) electrons. The molecule has 1 spiro atoms. The number of hydrogen-bond donors (Lipinski definition) is 1. The lowest BCUT2D eigenvalue weighted by molar-refractivity contribution is -0.155. The third-order valence-electron chi connectivity index (χ3n) is 6.53. The van der Waals surface area contributed by atoms with E-state index in [4.69, 9.17) is 9.47 Å². The number of ether oxygens (including phenoxy) is 2. The fourth-order valence-electron chi connectivity index (χ4n) is 4.58. The van der Waals surface area contributed by atoms with E-state index in [0.29, 0.717) is 32.4 Å². The number of carbonyl (C=O) groups excluding carboxylic acids is 5. The van der Waals surface area contributed by atoms with Crippen LogP contribution in [-0.2, 0) is 28.7 Å². The van der Waals surface area contributed by atoms with Gasteiger partial charge in [-0.2, -0.15) is 0 Å². The molecule has 2 aliphatic heterocycles. The highest BCUT2D eigenvalue weighted by atomic mass is 16.5. The molecule has 4 amide bonds. The van der Waals surface area contributed by atoms with E-state index in [9.17, 15) is 24.0 Å². The Morgan fingerprint density at radius 2 is 1.83 bits per heavy atom. The standard InChI is InChI=1S/C20H29N3O7/c1-13-5-3-4-8-20(13)18(27)23(19(28)21-20)11-16(25)30-12-15(24)22-9-6-14(7-10-22)17(26)29-2/h13-14H,3-12H2,1-2H3,(H,21,28)/t13-,20-/m0/s1. The Morgan fingerprint density at radius 3 is 2.47 bits per heavy atom. The van der Waals surface area contributed by atoms with E-state index in [1.807, 2.05) is 6.92 Å². The summed E-state index contributed by atoms with van der Waals surface area (Å²) in [5, 5.41) is 2.78. The van der Waals surface area contributed by atoms with Gasteiger partial charge in [-0.05, 0) is 31.6 Å². The number of carbonyl (C=O) groups is 5. The maximum atomic E-state index is 12.9. The topological polar surface area (TPSA) is 122 Å². The van der Waals surface area contributed by atoms with Gasteiger partial charge in [-0.3, -0.25) is 24.1 Å². The molecule has 0 aromatic heterocycles. The number of nitrogens with zero attached hydrogens (tertiary/aromatic N) is 2. The van der Waals surface area contributed by atoms with Gasteiger partial charge in [0.1, 0.15) is 12.1 Å². The quantitative estimate of drug-likeness (QED) is 0.503. The molecule has 2 saturated heterocycles. The van der Waals surface area contributed by atoms with E-state index < -0.39 is 36.6 Å². The molecule has 3 rings (SSSR count). The molecule has 1 N–H and O–H groups in total. The van der Waals surface area contributed by atoms with E-state index in [1.54, 1.807) is 0 Å². The van der Waals surface area contributed by atoms with Crippen molar-refractivity contribution in [2.75, 3.05) is 33.4 Å². The minimum Gasteiger partial charge on any atom is -0.469 e. The van der Waals surface area contributed by atoms with E-state index >= 15 is 0 Å².